The van der Waals surface area contributed by atoms with Crippen molar-refractivity contribution in [3.05, 3.63) is 88.8 Å². The summed E-state index contributed by atoms with van der Waals surface area (Å²) in [6.45, 7) is 0.860. The molecule has 5 nitrogen and oxygen atoms in total. The van der Waals surface area contributed by atoms with Crippen molar-refractivity contribution in [1.82, 2.24) is 4.90 Å². The van der Waals surface area contributed by atoms with Crippen molar-refractivity contribution in [2.45, 2.75) is 13.2 Å². The van der Waals surface area contributed by atoms with E-state index in [2.05, 4.69) is 41.8 Å². The zero-order valence-electron chi connectivity index (χ0n) is 18.6. The predicted octanol–water partition coefficient (Wildman–Crippen LogP) is 5.33. The number of anilines is 1. The third-order valence-electron chi connectivity index (χ3n) is 5.89. The van der Waals surface area contributed by atoms with Gasteiger partial charge in [-0.2, -0.15) is 0 Å². The highest BCUT2D eigenvalue weighted by Crippen LogP contribution is 2.37. The van der Waals surface area contributed by atoms with Gasteiger partial charge in [0.05, 0.1) is 13.2 Å². The van der Waals surface area contributed by atoms with Gasteiger partial charge in [-0.25, -0.2) is 0 Å². The average Bonchev–Trinajstić information content (AvgIpc) is 3.20. The van der Waals surface area contributed by atoms with Gasteiger partial charge in [0.2, 0.25) is 0 Å². The molecular formula is C27H24N2O3S. The molecule has 0 atom stereocenters. The van der Waals surface area contributed by atoms with Crippen molar-refractivity contribution in [3.63, 3.8) is 0 Å². The number of nitrogens with zero attached hydrogens (tertiary/aromatic N) is 2. The number of hydrogen-bond acceptors (Lipinski definition) is 4. The summed E-state index contributed by atoms with van der Waals surface area (Å²) in [6, 6.07) is 22.0. The summed E-state index contributed by atoms with van der Waals surface area (Å²) in [5, 5.41) is 3.42. The molecular weight excluding hydrogens is 432 g/mol. The molecule has 0 aliphatic carbocycles. The number of carbonyl (C=O) groups excluding carboxylic acids is 2. The maximum absolute atomic E-state index is 12.9. The lowest BCUT2D eigenvalue weighted by molar-refractivity contribution is -0.123. The number of hydrogen-bond donors (Lipinski definition) is 0. The van der Waals surface area contributed by atoms with Crippen LogP contribution in [0.5, 0.6) is 0 Å². The Morgan fingerprint density at radius 1 is 1.03 bits per heavy atom. The Kier molecular flexibility index (Phi) is 5.70. The van der Waals surface area contributed by atoms with E-state index in [1.807, 2.05) is 30.3 Å². The zero-order valence-corrected chi connectivity index (χ0v) is 19.4. The minimum Gasteiger partial charge on any atom is -0.367 e. The number of fused-ring (bicyclic) bond motifs is 2. The molecule has 3 aromatic carbocycles. The smallest absolute Gasteiger partial charge is 0.253 e. The summed E-state index contributed by atoms with van der Waals surface area (Å²) < 4.78 is 6.96. The van der Waals surface area contributed by atoms with Crippen LogP contribution in [0.3, 0.4) is 0 Å². The van der Waals surface area contributed by atoms with Crippen molar-refractivity contribution in [2.75, 3.05) is 25.6 Å². The molecule has 0 radical (unpaired) electrons. The first-order valence-corrected chi connectivity index (χ1v) is 11.7. The Morgan fingerprint density at radius 2 is 1.82 bits per heavy atom. The van der Waals surface area contributed by atoms with Gasteiger partial charge < -0.3 is 14.5 Å². The summed E-state index contributed by atoms with van der Waals surface area (Å²) >= 11 is 1.74. The van der Waals surface area contributed by atoms with Gasteiger partial charge in [0.25, 0.3) is 11.8 Å². The van der Waals surface area contributed by atoms with E-state index in [1.165, 1.54) is 15.6 Å². The van der Waals surface area contributed by atoms with Crippen molar-refractivity contribution in [2.24, 2.45) is 0 Å². The lowest BCUT2D eigenvalue weighted by atomic mass is 10.0. The highest BCUT2D eigenvalue weighted by molar-refractivity contribution is 7.17. The van der Waals surface area contributed by atoms with Crippen LogP contribution in [0.4, 0.5) is 5.69 Å². The lowest BCUT2D eigenvalue weighted by Crippen LogP contribution is -2.32. The molecule has 1 aromatic heterocycles. The predicted molar refractivity (Wildman–Crippen MR) is 133 cm³/mol. The molecule has 0 spiro atoms. The number of amides is 2. The second-order valence-electron chi connectivity index (χ2n) is 8.36. The van der Waals surface area contributed by atoms with E-state index in [9.17, 15) is 9.59 Å². The molecule has 6 heteroatoms. The monoisotopic (exact) mass is 456 g/mol. The molecule has 166 valence electrons. The van der Waals surface area contributed by atoms with Gasteiger partial charge in [0.15, 0.2) is 0 Å². The van der Waals surface area contributed by atoms with Crippen LogP contribution >= 0.6 is 11.3 Å². The second-order valence-corrected chi connectivity index (χ2v) is 9.27. The molecule has 4 aromatic rings. The first-order chi connectivity index (χ1) is 16.0. The number of rotatable bonds is 4. The van der Waals surface area contributed by atoms with Crippen molar-refractivity contribution in [3.8, 4) is 11.1 Å². The van der Waals surface area contributed by atoms with Gasteiger partial charge in [-0.3, -0.25) is 9.59 Å². The average molecular weight is 457 g/mol. The molecule has 5 rings (SSSR count). The molecule has 0 bridgehead atoms. The summed E-state index contributed by atoms with van der Waals surface area (Å²) in [5.74, 6) is -0.115. The summed E-state index contributed by atoms with van der Waals surface area (Å²) in [7, 11) is 3.46. The second kappa shape index (κ2) is 8.81. The molecule has 2 heterocycles. The van der Waals surface area contributed by atoms with Crippen LogP contribution in [0.2, 0.25) is 0 Å². The van der Waals surface area contributed by atoms with Gasteiger partial charge in [0.1, 0.15) is 6.61 Å². The minimum atomic E-state index is -0.0732. The fraction of sp³-hybridized carbons (Fsp3) is 0.185. The van der Waals surface area contributed by atoms with E-state index in [4.69, 9.17) is 4.74 Å². The summed E-state index contributed by atoms with van der Waals surface area (Å²) in [4.78, 5) is 28.4. The van der Waals surface area contributed by atoms with Crippen molar-refractivity contribution < 1.29 is 14.3 Å². The van der Waals surface area contributed by atoms with E-state index in [0.29, 0.717) is 18.7 Å². The molecule has 0 saturated heterocycles. The minimum absolute atomic E-state index is 0.0420. The molecule has 0 fully saturated rings. The van der Waals surface area contributed by atoms with E-state index in [0.717, 1.165) is 22.4 Å². The topological polar surface area (TPSA) is 49.9 Å². The Labute approximate surface area is 196 Å². The standard InChI is InChI=1S/C27H24N2O3S/c1-28(2)27(31)19-9-7-18(8-10-19)14-29-24-12-11-20(13-21(24)15-32-16-26(29)30)23-17-33-25-6-4-3-5-22(23)25/h3-13,17H,14-16H2,1-2H3. The Bertz CT molecular complexity index is 1340. The van der Waals surface area contributed by atoms with Crippen LogP contribution in [0, 0.1) is 0 Å². The van der Waals surface area contributed by atoms with Gasteiger partial charge in [-0.1, -0.05) is 36.4 Å². The van der Waals surface area contributed by atoms with Crippen LogP contribution in [-0.2, 0) is 22.7 Å². The molecule has 1 aliphatic heterocycles. The summed E-state index contributed by atoms with van der Waals surface area (Å²) in [6.07, 6.45) is 0. The van der Waals surface area contributed by atoms with Crippen molar-refractivity contribution >= 4 is 38.9 Å². The van der Waals surface area contributed by atoms with Crippen molar-refractivity contribution in [1.29, 1.82) is 0 Å². The van der Waals surface area contributed by atoms with Crippen LogP contribution in [-0.4, -0.2) is 37.4 Å². The zero-order chi connectivity index (χ0) is 22.9. The van der Waals surface area contributed by atoms with Gasteiger partial charge in [-0.05, 0) is 46.8 Å². The van der Waals surface area contributed by atoms with E-state index < -0.39 is 0 Å². The highest BCUT2D eigenvalue weighted by atomic mass is 32.1. The largest absolute Gasteiger partial charge is 0.367 e. The van der Waals surface area contributed by atoms with Crippen LogP contribution in [0.15, 0.2) is 72.1 Å². The molecule has 0 saturated carbocycles. The fourth-order valence-electron chi connectivity index (χ4n) is 4.16. The normalized spacial score (nSPS) is 13.6. The molecule has 33 heavy (non-hydrogen) atoms. The first kappa shape index (κ1) is 21.4. The highest BCUT2D eigenvalue weighted by Gasteiger charge is 2.24. The fourth-order valence-corrected chi connectivity index (χ4v) is 5.13. The maximum atomic E-state index is 12.9. The van der Waals surface area contributed by atoms with E-state index in [1.54, 1.807) is 35.2 Å². The first-order valence-electron chi connectivity index (χ1n) is 10.8. The van der Waals surface area contributed by atoms with E-state index >= 15 is 0 Å². The Morgan fingerprint density at radius 3 is 2.61 bits per heavy atom. The molecule has 0 unspecified atom stereocenters. The van der Waals surface area contributed by atoms with Crippen LogP contribution in [0.25, 0.3) is 21.2 Å². The molecule has 0 N–H and O–H groups in total. The maximum Gasteiger partial charge on any atom is 0.253 e. The van der Waals surface area contributed by atoms with E-state index in [-0.39, 0.29) is 18.4 Å². The lowest BCUT2D eigenvalue weighted by Gasteiger charge is -2.23. The van der Waals surface area contributed by atoms with Crippen LogP contribution in [0.1, 0.15) is 21.5 Å². The SMILES string of the molecule is CN(C)C(=O)c1ccc(CN2C(=O)COCc3cc(-c4csc5ccccc45)ccc32)cc1. The Hall–Kier alpha value is -3.48. The third kappa shape index (κ3) is 4.15. The van der Waals surface area contributed by atoms with Crippen LogP contribution < -0.4 is 4.90 Å². The summed E-state index contributed by atoms with van der Waals surface area (Å²) in [5.41, 5.74) is 5.77. The van der Waals surface area contributed by atoms with Gasteiger partial charge in [-0.15, -0.1) is 11.3 Å². The third-order valence-corrected chi connectivity index (χ3v) is 6.86. The van der Waals surface area contributed by atoms with Gasteiger partial charge in [0, 0.05) is 46.6 Å². The number of thiophene rings is 1. The number of benzene rings is 3. The number of ether oxygens (including phenoxy) is 1. The molecule has 2 amide bonds. The quantitative estimate of drug-likeness (QED) is 0.417. The Balaban J connectivity index is 1.46. The molecule has 1 aliphatic rings. The van der Waals surface area contributed by atoms with Gasteiger partial charge >= 0.3 is 0 Å². The number of carbonyl (C=O) groups is 2.